The standard InChI is InChI=1S/C10H9F2N3O2S/c1-6-10(5-13-14-6)18(16,17)15-9-3-2-7(11)4-8(9)12/h2-5,15H,1H3,(H,13,14). The second kappa shape index (κ2) is 4.37. The van der Waals surface area contributed by atoms with E-state index in [1.54, 1.807) is 0 Å². The van der Waals surface area contributed by atoms with Crippen LogP contribution in [0.3, 0.4) is 0 Å². The first-order valence-corrected chi connectivity index (χ1v) is 6.36. The van der Waals surface area contributed by atoms with E-state index in [1.165, 1.54) is 6.92 Å². The van der Waals surface area contributed by atoms with Crippen LogP contribution in [0.1, 0.15) is 5.69 Å². The molecular weight excluding hydrogens is 264 g/mol. The molecule has 1 aromatic heterocycles. The minimum absolute atomic E-state index is 0.0915. The lowest BCUT2D eigenvalue weighted by Gasteiger charge is -2.07. The van der Waals surface area contributed by atoms with Gasteiger partial charge < -0.3 is 0 Å². The van der Waals surface area contributed by atoms with E-state index in [0.717, 1.165) is 18.3 Å². The molecule has 0 bridgehead atoms. The Morgan fingerprint density at radius 2 is 2.06 bits per heavy atom. The van der Waals surface area contributed by atoms with Gasteiger partial charge in [0.15, 0.2) is 0 Å². The smallest absolute Gasteiger partial charge is 0.265 e. The average Bonchev–Trinajstić information content (AvgIpc) is 2.69. The van der Waals surface area contributed by atoms with Gasteiger partial charge in [0.1, 0.15) is 16.5 Å². The zero-order chi connectivity index (χ0) is 13.3. The van der Waals surface area contributed by atoms with Gasteiger partial charge in [-0.25, -0.2) is 17.2 Å². The number of H-pyrrole nitrogens is 1. The summed E-state index contributed by atoms with van der Waals surface area (Å²) >= 11 is 0. The summed E-state index contributed by atoms with van der Waals surface area (Å²) in [5.74, 6) is -1.77. The zero-order valence-electron chi connectivity index (χ0n) is 9.24. The highest BCUT2D eigenvalue weighted by molar-refractivity contribution is 7.92. The summed E-state index contributed by atoms with van der Waals surface area (Å²) in [6.07, 6.45) is 1.11. The molecule has 0 aliphatic heterocycles. The Balaban J connectivity index is 2.37. The molecular formula is C10H9F2N3O2S. The number of aromatic amines is 1. The molecule has 0 amide bonds. The van der Waals surface area contributed by atoms with Crippen LogP contribution in [0.2, 0.25) is 0 Å². The highest BCUT2D eigenvalue weighted by atomic mass is 32.2. The van der Waals surface area contributed by atoms with Crippen molar-refractivity contribution in [1.29, 1.82) is 0 Å². The Hall–Kier alpha value is -1.96. The highest BCUT2D eigenvalue weighted by Gasteiger charge is 2.20. The summed E-state index contributed by atoms with van der Waals surface area (Å²) in [6.45, 7) is 1.52. The molecule has 18 heavy (non-hydrogen) atoms. The fourth-order valence-electron chi connectivity index (χ4n) is 1.38. The van der Waals surface area contributed by atoms with Crippen LogP contribution in [-0.2, 0) is 10.0 Å². The third kappa shape index (κ3) is 2.33. The minimum atomic E-state index is -3.94. The van der Waals surface area contributed by atoms with Gasteiger partial charge in [-0.15, -0.1) is 0 Å². The van der Waals surface area contributed by atoms with Gasteiger partial charge >= 0.3 is 0 Å². The first-order valence-electron chi connectivity index (χ1n) is 4.88. The van der Waals surface area contributed by atoms with Crippen LogP contribution in [0.15, 0.2) is 29.3 Å². The maximum absolute atomic E-state index is 13.3. The lowest BCUT2D eigenvalue weighted by atomic mass is 10.3. The van der Waals surface area contributed by atoms with Crippen molar-refractivity contribution in [3.63, 3.8) is 0 Å². The van der Waals surface area contributed by atoms with Gasteiger partial charge in [0.25, 0.3) is 10.0 Å². The molecule has 96 valence electrons. The predicted octanol–water partition coefficient (Wildman–Crippen LogP) is 1.80. The highest BCUT2D eigenvalue weighted by Crippen LogP contribution is 2.20. The molecule has 0 saturated heterocycles. The summed E-state index contributed by atoms with van der Waals surface area (Å²) in [4.78, 5) is -0.0915. The van der Waals surface area contributed by atoms with Crippen molar-refractivity contribution in [3.05, 3.63) is 41.7 Å². The number of sulfonamides is 1. The Kier molecular flexibility index (Phi) is 3.04. The van der Waals surface area contributed by atoms with Crippen LogP contribution in [0.5, 0.6) is 0 Å². The van der Waals surface area contributed by atoms with Crippen molar-refractivity contribution in [2.45, 2.75) is 11.8 Å². The fourth-order valence-corrected chi connectivity index (χ4v) is 2.59. The molecule has 0 aliphatic rings. The van der Waals surface area contributed by atoms with Gasteiger partial charge in [-0.3, -0.25) is 9.82 Å². The zero-order valence-corrected chi connectivity index (χ0v) is 10.1. The molecule has 0 fully saturated rings. The summed E-state index contributed by atoms with van der Waals surface area (Å²) in [7, 11) is -3.94. The van der Waals surface area contributed by atoms with Crippen LogP contribution in [0, 0.1) is 18.6 Å². The van der Waals surface area contributed by atoms with Gasteiger partial charge in [0.2, 0.25) is 0 Å². The van der Waals surface area contributed by atoms with Crippen LogP contribution >= 0.6 is 0 Å². The largest absolute Gasteiger partial charge is 0.281 e. The van der Waals surface area contributed by atoms with Gasteiger partial charge in [-0.05, 0) is 19.1 Å². The van der Waals surface area contributed by atoms with Crippen molar-refractivity contribution >= 4 is 15.7 Å². The Labute approximate surface area is 102 Å². The summed E-state index contributed by atoms with van der Waals surface area (Å²) in [6, 6.07) is 2.57. The lowest BCUT2D eigenvalue weighted by Crippen LogP contribution is -2.14. The number of halogens is 2. The molecule has 2 N–H and O–H groups in total. The molecule has 5 nitrogen and oxygen atoms in total. The third-order valence-corrected chi connectivity index (χ3v) is 3.73. The van der Waals surface area contributed by atoms with E-state index in [0.29, 0.717) is 11.8 Å². The number of rotatable bonds is 3. The van der Waals surface area contributed by atoms with Crippen LogP contribution in [-0.4, -0.2) is 18.6 Å². The van der Waals surface area contributed by atoms with E-state index >= 15 is 0 Å². The molecule has 0 aliphatic carbocycles. The third-order valence-electron chi connectivity index (χ3n) is 2.25. The van der Waals surface area contributed by atoms with Crippen molar-refractivity contribution in [1.82, 2.24) is 10.2 Å². The van der Waals surface area contributed by atoms with E-state index in [9.17, 15) is 17.2 Å². The monoisotopic (exact) mass is 273 g/mol. The van der Waals surface area contributed by atoms with E-state index in [4.69, 9.17) is 0 Å². The number of benzene rings is 1. The van der Waals surface area contributed by atoms with Gasteiger partial charge in [-0.1, -0.05) is 0 Å². The quantitative estimate of drug-likeness (QED) is 0.895. The first kappa shape index (κ1) is 12.5. The first-order chi connectivity index (χ1) is 8.40. The number of nitrogens with zero attached hydrogens (tertiary/aromatic N) is 1. The van der Waals surface area contributed by atoms with E-state index in [1.807, 2.05) is 4.72 Å². The normalized spacial score (nSPS) is 11.5. The SMILES string of the molecule is Cc1[nH]ncc1S(=O)(=O)Nc1ccc(F)cc1F. The number of aryl methyl sites for hydroxylation is 1. The van der Waals surface area contributed by atoms with Crippen LogP contribution in [0.4, 0.5) is 14.5 Å². The number of hydrogen-bond donors (Lipinski definition) is 2. The Morgan fingerprint density at radius 1 is 1.33 bits per heavy atom. The summed E-state index contributed by atoms with van der Waals surface area (Å²) in [5, 5.41) is 6.03. The molecule has 0 radical (unpaired) electrons. The van der Waals surface area contributed by atoms with E-state index in [-0.39, 0.29) is 10.6 Å². The molecule has 0 saturated carbocycles. The van der Waals surface area contributed by atoms with E-state index in [2.05, 4.69) is 10.2 Å². The molecule has 0 spiro atoms. The second-order valence-corrected chi connectivity index (χ2v) is 5.24. The van der Waals surface area contributed by atoms with Crippen molar-refractivity contribution in [3.8, 4) is 0 Å². The van der Waals surface area contributed by atoms with Crippen molar-refractivity contribution in [2.75, 3.05) is 4.72 Å². The number of aromatic nitrogens is 2. The molecule has 1 heterocycles. The summed E-state index contributed by atoms with van der Waals surface area (Å²) < 4.78 is 51.8. The van der Waals surface area contributed by atoms with Crippen molar-refractivity contribution in [2.24, 2.45) is 0 Å². The fraction of sp³-hybridized carbons (Fsp3) is 0.100. The van der Waals surface area contributed by atoms with E-state index < -0.39 is 21.7 Å². The second-order valence-electron chi connectivity index (χ2n) is 3.59. The lowest BCUT2D eigenvalue weighted by molar-refractivity contribution is 0.582. The predicted molar refractivity (Wildman–Crippen MR) is 60.5 cm³/mol. The topological polar surface area (TPSA) is 74.8 Å². The van der Waals surface area contributed by atoms with Gasteiger partial charge in [0, 0.05) is 6.07 Å². The molecule has 0 atom stereocenters. The van der Waals surface area contributed by atoms with Crippen LogP contribution < -0.4 is 4.72 Å². The van der Waals surface area contributed by atoms with Gasteiger partial charge in [-0.2, -0.15) is 5.10 Å². The molecule has 1 aromatic carbocycles. The van der Waals surface area contributed by atoms with Crippen LogP contribution in [0.25, 0.3) is 0 Å². The number of anilines is 1. The number of nitrogens with one attached hydrogen (secondary N) is 2. The molecule has 2 aromatic rings. The molecule has 0 unspecified atom stereocenters. The Morgan fingerprint density at radius 3 is 2.61 bits per heavy atom. The minimum Gasteiger partial charge on any atom is -0.281 e. The van der Waals surface area contributed by atoms with Crippen molar-refractivity contribution < 1.29 is 17.2 Å². The summed E-state index contributed by atoms with van der Waals surface area (Å²) in [5.41, 5.74) is 0.00187. The maximum atomic E-state index is 13.3. The maximum Gasteiger partial charge on any atom is 0.265 e. The number of hydrogen-bond acceptors (Lipinski definition) is 3. The average molecular weight is 273 g/mol. The Bertz CT molecular complexity index is 682. The molecule has 2 rings (SSSR count). The van der Waals surface area contributed by atoms with Gasteiger partial charge in [0.05, 0.1) is 17.6 Å². The molecule has 8 heteroatoms.